The van der Waals surface area contributed by atoms with E-state index in [1.54, 1.807) is 0 Å². The summed E-state index contributed by atoms with van der Waals surface area (Å²) in [5.41, 5.74) is 4.03. The number of carbonyl (C=O) groups is 1. The van der Waals surface area contributed by atoms with Gasteiger partial charge in [-0.1, -0.05) is 48.5 Å². The van der Waals surface area contributed by atoms with E-state index < -0.39 is 0 Å². The summed E-state index contributed by atoms with van der Waals surface area (Å²) >= 11 is 0. The van der Waals surface area contributed by atoms with Crippen LogP contribution < -0.4 is 0 Å². The van der Waals surface area contributed by atoms with Crippen LogP contribution in [0.3, 0.4) is 0 Å². The molecule has 23 heavy (non-hydrogen) atoms. The van der Waals surface area contributed by atoms with Crippen LogP contribution in [-0.4, -0.2) is 38.6 Å². The number of hydrogen-bond donors (Lipinski definition) is 0. The summed E-state index contributed by atoms with van der Waals surface area (Å²) in [6.07, 6.45) is 3.22. The van der Waals surface area contributed by atoms with Crippen molar-refractivity contribution in [3.63, 3.8) is 0 Å². The molecule has 0 unspecified atom stereocenters. The highest BCUT2D eigenvalue weighted by atomic mass is 16.5. The van der Waals surface area contributed by atoms with E-state index in [4.69, 9.17) is 4.74 Å². The van der Waals surface area contributed by atoms with Crippen molar-refractivity contribution in [2.45, 2.75) is 6.42 Å². The van der Waals surface area contributed by atoms with Gasteiger partial charge in [-0.2, -0.15) is 0 Å². The van der Waals surface area contributed by atoms with Gasteiger partial charge in [0, 0.05) is 6.54 Å². The molecule has 0 saturated carbocycles. The zero-order valence-corrected chi connectivity index (χ0v) is 14.0. The molecule has 0 fully saturated rings. The Morgan fingerprint density at radius 2 is 1.52 bits per heavy atom. The zero-order chi connectivity index (χ0) is 16.7. The molecule has 3 heteroatoms. The molecule has 0 amide bonds. The first kappa shape index (κ1) is 17.0. The maximum absolute atomic E-state index is 11.6. The van der Waals surface area contributed by atoms with Crippen molar-refractivity contribution in [3.8, 4) is 0 Å². The van der Waals surface area contributed by atoms with E-state index >= 15 is 0 Å². The van der Waals surface area contributed by atoms with Gasteiger partial charge in [0.15, 0.2) is 0 Å². The van der Waals surface area contributed by atoms with E-state index in [-0.39, 0.29) is 5.97 Å². The molecule has 0 aliphatic heterocycles. The maximum atomic E-state index is 11.6. The van der Waals surface area contributed by atoms with Crippen molar-refractivity contribution in [3.05, 3.63) is 77.4 Å². The van der Waals surface area contributed by atoms with Gasteiger partial charge < -0.3 is 9.64 Å². The fraction of sp³-hybridized carbons (Fsp3) is 0.250. The molecule has 0 aliphatic rings. The zero-order valence-electron chi connectivity index (χ0n) is 14.0. The van der Waals surface area contributed by atoms with Crippen molar-refractivity contribution in [2.24, 2.45) is 0 Å². The smallest absolute Gasteiger partial charge is 0.337 e. The predicted molar refractivity (Wildman–Crippen MR) is 94.5 cm³/mol. The molecular weight excluding hydrogens is 286 g/mol. The Morgan fingerprint density at radius 1 is 0.957 bits per heavy atom. The molecule has 2 rings (SSSR count). The number of nitrogens with zero attached hydrogens (tertiary/aromatic N) is 1. The number of hydrogen-bond acceptors (Lipinski definition) is 3. The largest absolute Gasteiger partial charge is 0.465 e. The van der Waals surface area contributed by atoms with E-state index in [0.29, 0.717) is 5.56 Å². The average molecular weight is 309 g/mol. The second-order valence-electron chi connectivity index (χ2n) is 5.64. The maximum Gasteiger partial charge on any atom is 0.337 e. The second kappa shape index (κ2) is 8.30. The Hall–Kier alpha value is -2.39. The van der Waals surface area contributed by atoms with Gasteiger partial charge in [0.25, 0.3) is 0 Å². The Bertz CT molecular complexity index is 658. The third kappa shape index (κ3) is 4.80. The van der Waals surface area contributed by atoms with Gasteiger partial charge in [-0.05, 0) is 49.3 Å². The van der Waals surface area contributed by atoms with E-state index in [0.717, 1.165) is 18.5 Å². The summed E-state index contributed by atoms with van der Waals surface area (Å²) in [5.74, 6) is -0.311. The van der Waals surface area contributed by atoms with Crippen molar-refractivity contribution in [1.29, 1.82) is 0 Å². The molecule has 0 bridgehead atoms. The molecule has 0 N–H and O–H groups in total. The number of esters is 1. The quantitative estimate of drug-likeness (QED) is 0.759. The van der Waals surface area contributed by atoms with Gasteiger partial charge >= 0.3 is 5.97 Å². The minimum Gasteiger partial charge on any atom is -0.465 e. The van der Waals surface area contributed by atoms with Gasteiger partial charge in [-0.15, -0.1) is 0 Å². The van der Waals surface area contributed by atoms with Crippen LogP contribution in [0, 0.1) is 0 Å². The number of rotatable bonds is 6. The average Bonchev–Trinajstić information content (AvgIpc) is 2.59. The van der Waals surface area contributed by atoms with Crippen LogP contribution in [0.1, 0.15) is 27.9 Å². The second-order valence-corrected chi connectivity index (χ2v) is 5.64. The summed E-state index contributed by atoms with van der Waals surface area (Å²) < 4.78 is 4.75. The molecular formula is C20H23NO2. The van der Waals surface area contributed by atoms with Crippen molar-refractivity contribution < 1.29 is 9.53 Å². The van der Waals surface area contributed by atoms with Gasteiger partial charge in [0.2, 0.25) is 0 Å². The lowest BCUT2D eigenvalue weighted by Crippen LogP contribution is -2.12. The minimum absolute atomic E-state index is 0.311. The first-order chi connectivity index (χ1) is 11.1. The lowest BCUT2D eigenvalue weighted by Gasteiger charge is -2.11. The monoisotopic (exact) mass is 309 g/mol. The molecule has 2 aromatic carbocycles. The van der Waals surface area contributed by atoms with E-state index in [1.807, 2.05) is 42.5 Å². The molecule has 0 heterocycles. The fourth-order valence-corrected chi connectivity index (χ4v) is 2.39. The molecule has 0 aliphatic carbocycles. The highest BCUT2D eigenvalue weighted by Crippen LogP contribution is 2.24. The number of ether oxygens (including phenoxy) is 1. The summed E-state index contributed by atoms with van der Waals surface area (Å²) in [5, 5.41) is 0. The summed E-state index contributed by atoms with van der Waals surface area (Å²) in [6, 6.07) is 17.9. The van der Waals surface area contributed by atoms with Crippen LogP contribution in [-0.2, 0) is 4.74 Å². The number of methoxy groups -OCH3 is 1. The van der Waals surface area contributed by atoms with E-state index in [1.165, 1.54) is 18.2 Å². The standard InChI is InChI=1S/C20H23NO2/c1-21(2)15-7-10-19(16-8-5-4-6-9-16)17-11-13-18(14-12-17)20(22)23-3/h4-6,8-14H,7,15H2,1-3H3/b19-10+. The fourth-order valence-electron chi connectivity index (χ4n) is 2.39. The topological polar surface area (TPSA) is 29.5 Å². The van der Waals surface area contributed by atoms with Gasteiger partial charge in [-0.3, -0.25) is 0 Å². The summed E-state index contributed by atoms with van der Waals surface area (Å²) in [6.45, 7) is 0.997. The van der Waals surface area contributed by atoms with Crippen molar-refractivity contribution >= 4 is 11.5 Å². The Balaban J connectivity index is 2.32. The first-order valence-electron chi connectivity index (χ1n) is 7.71. The molecule has 3 nitrogen and oxygen atoms in total. The van der Waals surface area contributed by atoms with Crippen LogP contribution in [0.25, 0.3) is 5.57 Å². The highest BCUT2D eigenvalue weighted by molar-refractivity contribution is 5.90. The molecule has 0 radical (unpaired) electrons. The molecule has 0 spiro atoms. The Kier molecular flexibility index (Phi) is 6.12. The molecule has 120 valence electrons. The lowest BCUT2D eigenvalue weighted by molar-refractivity contribution is 0.0600. The predicted octanol–water partition coefficient (Wildman–Crippen LogP) is 3.86. The van der Waals surface area contributed by atoms with Gasteiger partial charge in [0.1, 0.15) is 0 Å². The molecule has 0 saturated heterocycles. The summed E-state index contributed by atoms with van der Waals surface area (Å²) in [4.78, 5) is 13.7. The third-order valence-corrected chi connectivity index (χ3v) is 3.63. The van der Waals surface area contributed by atoms with Crippen LogP contribution in [0.5, 0.6) is 0 Å². The Morgan fingerprint density at radius 3 is 2.09 bits per heavy atom. The lowest BCUT2D eigenvalue weighted by atomic mass is 9.96. The highest BCUT2D eigenvalue weighted by Gasteiger charge is 2.08. The van der Waals surface area contributed by atoms with Crippen LogP contribution >= 0.6 is 0 Å². The summed E-state index contributed by atoms with van der Waals surface area (Å²) in [7, 11) is 5.54. The van der Waals surface area contributed by atoms with E-state index in [2.05, 4.69) is 37.2 Å². The first-order valence-corrected chi connectivity index (χ1v) is 7.71. The molecule has 0 atom stereocenters. The van der Waals surface area contributed by atoms with Gasteiger partial charge in [-0.25, -0.2) is 4.79 Å². The van der Waals surface area contributed by atoms with Crippen molar-refractivity contribution in [1.82, 2.24) is 4.90 Å². The molecule has 2 aromatic rings. The third-order valence-electron chi connectivity index (χ3n) is 3.63. The number of carbonyl (C=O) groups excluding carboxylic acids is 1. The SMILES string of the molecule is COC(=O)c1ccc(/C(=C/CCN(C)C)c2ccccc2)cc1. The van der Waals surface area contributed by atoms with Gasteiger partial charge in [0.05, 0.1) is 12.7 Å². The van der Waals surface area contributed by atoms with Crippen LogP contribution in [0.4, 0.5) is 0 Å². The Labute approximate surface area is 138 Å². The molecule has 0 aromatic heterocycles. The minimum atomic E-state index is -0.311. The normalized spacial score (nSPS) is 11.6. The van der Waals surface area contributed by atoms with Crippen LogP contribution in [0.15, 0.2) is 60.7 Å². The number of benzene rings is 2. The van der Waals surface area contributed by atoms with Crippen LogP contribution in [0.2, 0.25) is 0 Å². The van der Waals surface area contributed by atoms with E-state index in [9.17, 15) is 4.79 Å². The van der Waals surface area contributed by atoms with Crippen molar-refractivity contribution in [2.75, 3.05) is 27.7 Å².